The van der Waals surface area contributed by atoms with Crippen LogP contribution in [0.4, 0.5) is 0 Å². The molecule has 14 rings (SSSR count). The minimum absolute atomic E-state index is 1.16. The fourth-order valence-electron chi connectivity index (χ4n) is 10.3. The van der Waals surface area contributed by atoms with E-state index in [2.05, 4.69) is 215 Å². The van der Waals surface area contributed by atoms with Gasteiger partial charge in [-0.3, -0.25) is 0 Å². The van der Waals surface area contributed by atoms with Gasteiger partial charge in [0, 0.05) is 84.4 Å². The van der Waals surface area contributed by atoms with Crippen LogP contribution in [0, 0.1) is 0 Å². The van der Waals surface area contributed by atoms with Gasteiger partial charge in [0.15, 0.2) is 0 Å². The topological polar surface area (TPSA) is 9.86 Å². The SMILES string of the molecule is c1ccc(-c2ccc3c(c2)c2ccc4c(c5ccccc5n4-c4ccc5ccccc5c4)c2n3-c2ccc3sc4c(-c5cccc6c5sc5ccccc56)cccc4c3c2)cc1. The second-order valence-electron chi connectivity index (χ2n) is 16.4. The van der Waals surface area contributed by atoms with E-state index in [0.29, 0.717) is 0 Å². The van der Waals surface area contributed by atoms with Crippen molar-refractivity contribution in [3.8, 4) is 33.6 Å². The normalized spacial score (nSPS) is 12.2. The molecule has 0 saturated carbocycles. The van der Waals surface area contributed by atoms with Crippen molar-refractivity contribution in [3.63, 3.8) is 0 Å². The highest BCUT2D eigenvalue weighted by Gasteiger charge is 2.23. The van der Waals surface area contributed by atoms with E-state index in [9.17, 15) is 0 Å². The summed E-state index contributed by atoms with van der Waals surface area (Å²) in [5.41, 5.74) is 12.2. The zero-order valence-electron chi connectivity index (χ0n) is 33.3. The minimum atomic E-state index is 1.16. The van der Waals surface area contributed by atoms with Crippen molar-refractivity contribution in [3.05, 3.63) is 206 Å². The third kappa shape index (κ3) is 4.85. The highest BCUT2D eigenvalue weighted by molar-refractivity contribution is 7.27. The summed E-state index contributed by atoms with van der Waals surface area (Å²) in [6.45, 7) is 0. The number of fused-ring (bicyclic) bond motifs is 14. The quantitative estimate of drug-likeness (QED) is 0.167. The summed E-state index contributed by atoms with van der Waals surface area (Å²) in [4.78, 5) is 0. The smallest absolute Gasteiger partial charge is 0.0641 e. The largest absolute Gasteiger partial charge is 0.309 e. The van der Waals surface area contributed by atoms with E-state index in [0.717, 1.165) is 11.4 Å². The average molecular weight is 823 g/mol. The standard InChI is InChI=1S/C58H34N2S2/c1-2-12-35(13-3-1)38-25-29-51-48(33-38)42-28-30-52-55(47-17-6-8-22-50(47)59(52)39-26-24-36-14-4-5-15-37(36)32-39)56(42)60(51)40-27-31-54-49(34-40)46-21-11-20-45(58(46)62-54)44-19-10-18-43-41-16-7-9-23-53(41)61-57(43)44/h1-34H. The fraction of sp³-hybridized carbons (Fsp3) is 0. The zero-order chi connectivity index (χ0) is 40.5. The van der Waals surface area contributed by atoms with Crippen LogP contribution in [0.1, 0.15) is 0 Å². The first-order valence-electron chi connectivity index (χ1n) is 21.2. The molecule has 0 aliphatic carbocycles. The number of hydrogen-bond donors (Lipinski definition) is 0. The van der Waals surface area contributed by atoms with Gasteiger partial charge in [-0.05, 0) is 82.6 Å². The van der Waals surface area contributed by atoms with Gasteiger partial charge in [0.05, 0.1) is 22.1 Å². The van der Waals surface area contributed by atoms with Crippen LogP contribution in [0.15, 0.2) is 206 Å². The monoisotopic (exact) mass is 822 g/mol. The van der Waals surface area contributed by atoms with Gasteiger partial charge < -0.3 is 9.13 Å². The van der Waals surface area contributed by atoms with Crippen molar-refractivity contribution in [2.45, 2.75) is 0 Å². The number of aromatic nitrogens is 2. The van der Waals surface area contributed by atoms with E-state index >= 15 is 0 Å². The molecule has 0 unspecified atom stereocenters. The van der Waals surface area contributed by atoms with Gasteiger partial charge in [-0.1, -0.05) is 146 Å². The molecule has 0 N–H and O–H groups in total. The van der Waals surface area contributed by atoms with Gasteiger partial charge >= 0.3 is 0 Å². The van der Waals surface area contributed by atoms with Crippen LogP contribution in [0.25, 0.3) is 128 Å². The van der Waals surface area contributed by atoms with Gasteiger partial charge in [0.1, 0.15) is 0 Å². The molecule has 0 aliphatic heterocycles. The van der Waals surface area contributed by atoms with Crippen LogP contribution in [0.3, 0.4) is 0 Å². The second kappa shape index (κ2) is 13.0. The van der Waals surface area contributed by atoms with Crippen LogP contribution >= 0.6 is 22.7 Å². The Morgan fingerprint density at radius 2 is 0.935 bits per heavy atom. The lowest BCUT2D eigenvalue weighted by molar-refractivity contribution is 1.18. The highest BCUT2D eigenvalue weighted by atomic mass is 32.1. The molecule has 0 atom stereocenters. The van der Waals surface area contributed by atoms with Gasteiger partial charge in [0.25, 0.3) is 0 Å². The molecular formula is C58H34N2S2. The molecule has 4 aromatic heterocycles. The van der Waals surface area contributed by atoms with E-state index in [-0.39, 0.29) is 0 Å². The van der Waals surface area contributed by atoms with E-state index in [4.69, 9.17) is 0 Å². The molecule has 0 amide bonds. The molecule has 0 aliphatic rings. The summed E-state index contributed by atoms with van der Waals surface area (Å²) in [6.07, 6.45) is 0. The number of para-hydroxylation sites is 1. The summed E-state index contributed by atoms with van der Waals surface area (Å²) >= 11 is 3.81. The first kappa shape index (κ1) is 34.2. The van der Waals surface area contributed by atoms with Crippen LogP contribution in [0.2, 0.25) is 0 Å². The molecule has 0 saturated heterocycles. The van der Waals surface area contributed by atoms with Crippen molar-refractivity contribution < 1.29 is 0 Å². The highest BCUT2D eigenvalue weighted by Crippen LogP contribution is 2.47. The Morgan fingerprint density at radius 3 is 1.77 bits per heavy atom. The van der Waals surface area contributed by atoms with Gasteiger partial charge in [-0.2, -0.15) is 0 Å². The number of nitrogens with zero attached hydrogens (tertiary/aromatic N) is 2. The predicted octanol–water partition coefficient (Wildman–Crippen LogP) is 17.1. The molecule has 288 valence electrons. The molecule has 4 heterocycles. The summed E-state index contributed by atoms with van der Waals surface area (Å²) in [5.74, 6) is 0. The van der Waals surface area contributed by atoms with Crippen LogP contribution in [0.5, 0.6) is 0 Å². The Kier molecular flexibility index (Phi) is 7.18. The third-order valence-corrected chi connectivity index (χ3v) is 15.5. The van der Waals surface area contributed by atoms with E-state index in [1.165, 1.54) is 117 Å². The van der Waals surface area contributed by atoms with Crippen molar-refractivity contribution >= 4 is 117 Å². The Balaban J connectivity index is 1.05. The van der Waals surface area contributed by atoms with Crippen LogP contribution < -0.4 is 0 Å². The van der Waals surface area contributed by atoms with Crippen molar-refractivity contribution in [1.29, 1.82) is 0 Å². The van der Waals surface area contributed by atoms with Gasteiger partial charge in [0.2, 0.25) is 0 Å². The van der Waals surface area contributed by atoms with E-state index < -0.39 is 0 Å². The van der Waals surface area contributed by atoms with Crippen LogP contribution in [-0.2, 0) is 0 Å². The Hall–Kier alpha value is -7.50. The summed E-state index contributed by atoms with van der Waals surface area (Å²) in [5, 5.41) is 12.7. The number of thiophene rings is 2. The van der Waals surface area contributed by atoms with Crippen molar-refractivity contribution in [2.24, 2.45) is 0 Å². The second-order valence-corrected chi connectivity index (χ2v) is 18.5. The molecule has 14 aromatic rings. The Morgan fingerprint density at radius 1 is 0.306 bits per heavy atom. The Labute approximate surface area is 364 Å². The summed E-state index contributed by atoms with van der Waals surface area (Å²) in [7, 11) is 0. The molecule has 0 bridgehead atoms. The molecule has 10 aromatic carbocycles. The zero-order valence-corrected chi connectivity index (χ0v) is 35.0. The van der Waals surface area contributed by atoms with Crippen molar-refractivity contribution in [1.82, 2.24) is 9.13 Å². The van der Waals surface area contributed by atoms with Gasteiger partial charge in [-0.25, -0.2) is 0 Å². The maximum Gasteiger partial charge on any atom is 0.0641 e. The van der Waals surface area contributed by atoms with Gasteiger partial charge in [-0.15, -0.1) is 22.7 Å². The van der Waals surface area contributed by atoms with Crippen molar-refractivity contribution in [2.75, 3.05) is 0 Å². The third-order valence-electron chi connectivity index (χ3n) is 13.1. The first-order chi connectivity index (χ1) is 30.7. The maximum absolute atomic E-state index is 2.55. The van der Waals surface area contributed by atoms with E-state index in [1.807, 2.05) is 22.7 Å². The average Bonchev–Trinajstić information content (AvgIpc) is 4.09. The lowest BCUT2D eigenvalue weighted by atomic mass is 10.0. The molecular weight excluding hydrogens is 789 g/mol. The molecule has 2 nitrogen and oxygen atoms in total. The maximum atomic E-state index is 2.55. The lowest BCUT2D eigenvalue weighted by Gasteiger charge is -2.11. The Bertz CT molecular complexity index is 4160. The molecule has 0 spiro atoms. The molecule has 0 fully saturated rings. The molecule has 0 radical (unpaired) electrons. The van der Waals surface area contributed by atoms with E-state index in [1.54, 1.807) is 0 Å². The van der Waals surface area contributed by atoms with Crippen LogP contribution in [-0.4, -0.2) is 9.13 Å². The number of rotatable bonds is 4. The lowest BCUT2D eigenvalue weighted by Crippen LogP contribution is -1.95. The molecule has 62 heavy (non-hydrogen) atoms. The fourth-order valence-corrected chi connectivity index (χ4v) is 12.8. The summed E-state index contributed by atoms with van der Waals surface area (Å²) < 4.78 is 10.3. The predicted molar refractivity (Wildman–Crippen MR) is 269 cm³/mol. The number of hydrogen-bond acceptors (Lipinski definition) is 2. The first-order valence-corrected chi connectivity index (χ1v) is 22.8. The minimum Gasteiger partial charge on any atom is -0.309 e. The summed E-state index contributed by atoms with van der Waals surface area (Å²) in [6, 6.07) is 76.6. The number of benzene rings is 10. The molecule has 4 heteroatoms.